The van der Waals surface area contributed by atoms with Crippen LogP contribution in [0.15, 0.2) is 0 Å². The van der Waals surface area contributed by atoms with Crippen LogP contribution in [0.2, 0.25) is 0 Å². The van der Waals surface area contributed by atoms with E-state index in [9.17, 15) is 0 Å². The highest BCUT2D eigenvalue weighted by Gasteiger charge is 2.25. The van der Waals surface area contributed by atoms with Gasteiger partial charge in [0, 0.05) is 12.6 Å². The highest BCUT2D eigenvalue weighted by Crippen LogP contribution is 2.22. The minimum absolute atomic E-state index is 0.779. The largest absolute Gasteiger partial charge is 0.319 e. The third-order valence-electron chi connectivity index (χ3n) is 3.87. The van der Waals surface area contributed by atoms with Crippen LogP contribution in [0.3, 0.4) is 0 Å². The minimum Gasteiger partial charge on any atom is -0.319 e. The summed E-state index contributed by atoms with van der Waals surface area (Å²) in [5, 5.41) is 3.29. The zero-order valence-electron chi connectivity index (χ0n) is 10.9. The van der Waals surface area contributed by atoms with Crippen molar-refractivity contribution in [1.29, 1.82) is 0 Å². The monoisotopic (exact) mass is 212 g/mol. The summed E-state index contributed by atoms with van der Waals surface area (Å²) in [5.74, 6) is 1.76. The first-order valence-electron chi connectivity index (χ1n) is 6.56. The van der Waals surface area contributed by atoms with Gasteiger partial charge in [-0.1, -0.05) is 20.3 Å². The number of nitrogens with zero attached hydrogens (tertiary/aromatic N) is 1. The van der Waals surface area contributed by atoms with Gasteiger partial charge in [-0.2, -0.15) is 0 Å². The van der Waals surface area contributed by atoms with Crippen molar-refractivity contribution in [3.8, 4) is 0 Å². The van der Waals surface area contributed by atoms with Crippen molar-refractivity contribution < 1.29 is 0 Å². The molecule has 1 aliphatic rings. The fourth-order valence-electron chi connectivity index (χ4n) is 2.62. The van der Waals surface area contributed by atoms with Crippen LogP contribution in [-0.4, -0.2) is 37.6 Å². The van der Waals surface area contributed by atoms with E-state index in [1.165, 1.54) is 38.9 Å². The lowest BCUT2D eigenvalue weighted by Crippen LogP contribution is -2.33. The van der Waals surface area contributed by atoms with E-state index in [0.717, 1.165) is 17.9 Å². The molecule has 2 nitrogen and oxygen atoms in total. The molecule has 1 aliphatic heterocycles. The van der Waals surface area contributed by atoms with Crippen molar-refractivity contribution in [2.24, 2.45) is 11.8 Å². The molecular formula is C13H28N2. The Morgan fingerprint density at radius 3 is 2.73 bits per heavy atom. The smallest absolute Gasteiger partial charge is 0.00695 e. The van der Waals surface area contributed by atoms with Gasteiger partial charge in [0.1, 0.15) is 0 Å². The van der Waals surface area contributed by atoms with Crippen LogP contribution in [0, 0.1) is 11.8 Å². The quantitative estimate of drug-likeness (QED) is 0.727. The molecule has 0 aromatic carbocycles. The minimum atomic E-state index is 0.779. The van der Waals surface area contributed by atoms with Gasteiger partial charge < -0.3 is 10.2 Å². The molecule has 0 radical (unpaired) electrons. The summed E-state index contributed by atoms with van der Waals surface area (Å²) in [6.45, 7) is 10.9. The Morgan fingerprint density at radius 1 is 1.40 bits per heavy atom. The third-order valence-corrected chi connectivity index (χ3v) is 3.87. The normalized spacial score (nSPS) is 26.8. The second-order valence-corrected chi connectivity index (χ2v) is 5.31. The van der Waals surface area contributed by atoms with Crippen molar-refractivity contribution in [3.63, 3.8) is 0 Å². The molecule has 0 saturated carbocycles. The van der Waals surface area contributed by atoms with Crippen LogP contribution in [0.1, 0.15) is 40.0 Å². The van der Waals surface area contributed by atoms with Gasteiger partial charge in [-0.05, 0) is 51.7 Å². The molecule has 15 heavy (non-hydrogen) atoms. The maximum atomic E-state index is 3.29. The molecular weight excluding hydrogens is 184 g/mol. The third kappa shape index (κ3) is 4.12. The van der Waals surface area contributed by atoms with Gasteiger partial charge in [-0.15, -0.1) is 0 Å². The van der Waals surface area contributed by atoms with Gasteiger partial charge in [0.2, 0.25) is 0 Å². The van der Waals surface area contributed by atoms with Crippen LogP contribution < -0.4 is 5.32 Å². The predicted molar refractivity (Wildman–Crippen MR) is 67.1 cm³/mol. The molecule has 1 N–H and O–H groups in total. The van der Waals surface area contributed by atoms with E-state index < -0.39 is 0 Å². The van der Waals surface area contributed by atoms with E-state index >= 15 is 0 Å². The molecule has 1 heterocycles. The highest BCUT2D eigenvalue weighted by molar-refractivity contribution is 4.81. The first kappa shape index (κ1) is 13.0. The number of rotatable bonds is 6. The van der Waals surface area contributed by atoms with Crippen molar-refractivity contribution in [3.05, 3.63) is 0 Å². The molecule has 90 valence electrons. The Morgan fingerprint density at radius 2 is 2.13 bits per heavy atom. The van der Waals surface area contributed by atoms with E-state index in [1.807, 2.05) is 0 Å². The van der Waals surface area contributed by atoms with E-state index in [1.54, 1.807) is 0 Å². The Labute approximate surface area is 95.4 Å². The molecule has 1 rings (SSSR count). The van der Waals surface area contributed by atoms with Crippen LogP contribution in [0.4, 0.5) is 0 Å². The fourth-order valence-corrected chi connectivity index (χ4v) is 2.62. The molecule has 1 fully saturated rings. The Hall–Kier alpha value is -0.0800. The van der Waals surface area contributed by atoms with E-state index in [0.29, 0.717) is 0 Å². The predicted octanol–water partition coefficient (Wildman–Crippen LogP) is 2.35. The number of hydrogen-bond acceptors (Lipinski definition) is 2. The van der Waals surface area contributed by atoms with Gasteiger partial charge in [-0.3, -0.25) is 0 Å². The molecule has 0 aromatic rings. The topological polar surface area (TPSA) is 15.3 Å². The first-order chi connectivity index (χ1) is 7.17. The highest BCUT2D eigenvalue weighted by atomic mass is 15.2. The summed E-state index contributed by atoms with van der Waals surface area (Å²) in [4.78, 5) is 2.67. The van der Waals surface area contributed by atoms with Gasteiger partial charge >= 0.3 is 0 Å². The number of nitrogens with one attached hydrogen (secondary N) is 1. The van der Waals surface area contributed by atoms with Crippen molar-refractivity contribution in [1.82, 2.24) is 10.2 Å². The van der Waals surface area contributed by atoms with E-state index in [2.05, 4.69) is 38.0 Å². The first-order valence-corrected chi connectivity index (χ1v) is 6.56. The molecule has 3 unspecified atom stereocenters. The van der Waals surface area contributed by atoms with Crippen LogP contribution in [0.5, 0.6) is 0 Å². The van der Waals surface area contributed by atoms with E-state index in [4.69, 9.17) is 0 Å². The maximum absolute atomic E-state index is 3.29. The lowest BCUT2D eigenvalue weighted by molar-refractivity contribution is 0.215. The summed E-state index contributed by atoms with van der Waals surface area (Å²) in [6, 6.07) is 0.779. The second-order valence-electron chi connectivity index (χ2n) is 5.31. The molecule has 0 amide bonds. The average Bonchev–Trinajstić information content (AvgIpc) is 2.67. The van der Waals surface area contributed by atoms with Crippen molar-refractivity contribution >= 4 is 0 Å². The fraction of sp³-hybridized carbons (Fsp3) is 1.00. The molecule has 0 aliphatic carbocycles. The van der Waals surface area contributed by atoms with Crippen LogP contribution in [-0.2, 0) is 0 Å². The number of likely N-dealkylation sites (tertiary alicyclic amines) is 1. The second kappa shape index (κ2) is 6.49. The molecule has 0 aromatic heterocycles. The van der Waals surface area contributed by atoms with Gasteiger partial charge in [0.15, 0.2) is 0 Å². The summed E-state index contributed by atoms with van der Waals surface area (Å²) in [5.41, 5.74) is 0. The SMILES string of the molecule is CCC(C)CC(C)N1CCC(CNC)C1. The standard InChI is InChI=1S/C13H28N2/c1-5-11(2)8-12(3)15-7-6-13(10-15)9-14-4/h11-14H,5-10H2,1-4H3. The van der Waals surface area contributed by atoms with E-state index in [-0.39, 0.29) is 0 Å². The Balaban J connectivity index is 2.26. The summed E-state index contributed by atoms with van der Waals surface area (Å²) in [7, 11) is 2.06. The van der Waals surface area contributed by atoms with Gasteiger partial charge in [0.25, 0.3) is 0 Å². The number of hydrogen-bond donors (Lipinski definition) is 1. The molecule has 0 bridgehead atoms. The maximum Gasteiger partial charge on any atom is 0.00695 e. The van der Waals surface area contributed by atoms with Crippen molar-refractivity contribution in [2.45, 2.75) is 46.1 Å². The molecule has 0 spiro atoms. The summed E-state index contributed by atoms with van der Waals surface area (Å²) in [6.07, 6.45) is 4.06. The zero-order chi connectivity index (χ0) is 11.3. The average molecular weight is 212 g/mol. The van der Waals surface area contributed by atoms with Crippen LogP contribution >= 0.6 is 0 Å². The molecule has 3 atom stereocenters. The lowest BCUT2D eigenvalue weighted by atomic mass is 9.99. The summed E-state index contributed by atoms with van der Waals surface area (Å²) < 4.78 is 0. The lowest BCUT2D eigenvalue weighted by Gasteiger charge is -2.26. The van der Waals surface area contributed by atoms with Crippen molar-refractivity contribution in [2.75, 3.05) is 26.7 Å². The van der Waals surface area contributed by atoms with Gasteiger partial charge in [-0.25, -0.2) is 0 Å². The van der Waals surface area contributed by atoms with Gasteiger partial charge in [0.05, 0.1) is 0 Å². The Kier molecular flexibility index (Phi) is 5.62. The Bertz CT molecular complexity index is 170. The summed E-state index contributed by atoms with van der Waals surface area (Å²) >= 11 is 0. The molecule has 2 heteroatoms. The molecule has 1 saturated heterocycles. The zero-order valence-corrected chi connectivity index (χ0v) is 10.9. The van der Waals surface area contributed by atoms with Crippen LogP contribution in [0.25, 0.3) is 0 Å².